The van der Waals surface area contributed by atoms with Crippen molar-refractivity contribution in [2.24, 2.45) is 0 Å². The summed E-state index contributed by atoms with van der Waals surface area (Å²) in [4.78, 5) is 2.23. The smallest absolute Gasteiger partial charge is 0.0645 e. The second-order valence-corrected chi connectivity index (χ2v) is 3.03. The molecule has 10 heavy (non-hydrogen) atoms. The molecule has 1 N–H and O–H groups in total. The number of ether oxygens (including phenoxy) is 1. The molecule has 1 rings (SSSR count). The van der Waals surface area contributed by atoms with E-state index in [-0.39, 0.29) is 12.6 Å². The maximum absolute atomic E-state index is 8.87. The number of morpholine rings is 1. The molecule has 3 nitrogen and oxygen atoms in total. The highest BCUT2D eigenvalue weighted by Gasteiger charge is 2.20. The minimum absolute atomic E-state index is 0.211. The molecule has 0 bridgehead atoms. The van der Waals surface area contributed by atoms with Crippen LogP contribution in [0.5, 0.6) is 0 Å². The number of aliphatic hydroxyl groups is 1. The van der Waals surface area contributed by atoms with Crippen LogP contribution in [0.15, 0.2) is 0 Å². The van der Waals surface area contributed by atoms with Gasteiger partial charge in [-0.2, -0.15) is 0 Å². The molecular weight excluding hydrogens is 245 g/mol. The van der Waals surface area contributed by atoms with E-state index in [2.05, 4.69) is 27.5 Å². The van der Waals surface area contributed by atoms with Gasteiger partial charge in [-0.25, -0.2) is 0 Å². The standard InChI is InChI=1S/C6H12INO2/c7-5-8-1-2-10-4-6(8)3-9/h6,9H,1-5H2. The Bertz CT molecular complexity index is 89.7. The summed E-state index contributed by atoms with van der Waals surface area (Å²) in [6.45, 7) is 2.65. The first kappa shape index (κ1) is 8.70. The molecule has 0 saturated carbocycles. The van der Waals surface area contributed by atoms with E-state index in [0.717, 1.165) is 17.7 Å². The van der Waals surface area contributed by atoms with Gasteiger partial charge in [-0.3, -0.25) is 4.90 Å². The summed E-state index contributed by atoms with van der Waals surface area (Å²) < 4.78 is 6.18. The van der Waals surface area contributed by atoms with Gasteiger partial charge in [0.05, 0.1) is 30.4 Å². The monoisotopic (exact) mass is 257 g/mol. The normalized spacial score (nSPS) is 28.8. The summed E-state index contributed by atoms with van der Waals surface area (Å²) in [7, 11) is 0. The highest BCUT2D eigenvalue weighted by molar-refractivity contribution is 14.1. The minimum atomic E-state index is 0.211. The van der Waals surface area contributed by atoms with Crippen molar-refractivity contribution in [3.05, 3.63) is 0 Å². The summed E-state index contributed by atoms with van der Waals surface area (Å²) in [6, 6.07) is 0.227. The van der Waals surface area contributed by atoms with Crippen LogP contribution >= 0.6 is 22.6 Å². The molecule has 0 amide bonds. The van der Waals surface area contributed by atoms with Gasteiger partial charge in [-0.15, -0.1) is 0 Å². The number of rotatable bonds is 2. The van der Waals surface area contributed by atoms with E-state index in [1.807, 2.05) is 0 Å². The van der Waals surface area contributed by atoms with E-state index in [0.29, 0.717) is 6.61 Å². The van der Waals surface area contributed by atoms with Crippen molar-refractivity contribution >= 4 is 22.6 Å². The van der Waals surface area contributed by atoms with Crippen molar-refractivity contribution in [2.75, 3.05) is 30.9 Å². The minimum Gasteiger partial charge on any atom is -0.395 e. The van der Waals surface area contributed by atoms with Crippen molar-refractivity contribution in [2.45, 2.75) is 6.04 Å². The zero-order valence-electron chi connectivity index (χ0n) is 5.79. The number of nitrogens with zero attached hydrogens (tertiary/aromatic N) is 1. The van der Waals surface area contributed by atoms with E-state index < -0.39 is 0 Å². The lowest BCUT2D eigenvalue weighted by Crippen LogP contribution is -2.46. The topological polar surface area (TPSA) is 32.7 Å². The molecule has 0 aliphatic carbocycles. The van der Waals surface area contributed by atoms with Gasteiger partial charge in [0.2, 0.25) is 0 Å². The zero-order valence-corrected chi connectivity index (χ0v) is 7.95. The molecule has 1 unspecified atom stereocenters. The lowest BCUT2D eigenvalue weighted by Gasteiger charge is -2.32. The molecule has 1 aliphatic rings. The number of halogens is 1. The van der Waals surface area contributed by atoms with Crippen LogP contribution in [0.25, 0.3) is 0 Å². The fraction of sp³-hybridized carbons (Fsp3) is 1.00. The van der Waals surface area contributed by atoms with Gasteiger partial charge in [-0.1, -0.05) is 22.6 Å². The first-order valence-electron chi connectivity index (χ1n) is 3.37. The van der Waals surface area contributed by atoms with Gasteiger partial charge in [0.1, 0.15) is 0 Å². The Morgan fingerprint density at radius 3 is 3.00 bits per heavy atom. The fourth-order valence-electron chi connectivity index (χ4n) is 1.01. The molecule has 1 heterocycles. The summed E-state index contributed by atoms with van der Waals surface area (Å²) in [5, 5.41) is 8.87. The van der Waals surface area contributed by atoms with Crippen LogP contribution in [-0.4, -0.2) is 47.0 Å². The van der Waals surface area contributed by atoms with Gasteiger partial charge in [0, 0.05) is 6.54 Å². The van der Waals surface area contributed by atoms with E-state index in [4.69, 9.17) is 9.84 Å². The van der Waals surface area contributed by atoms with Crippen LogP contribution in [0.2, 0.25) is 0 Å². The summed E-state index contributed by atoms with van der Waals surface area (Å²) in [5.41, 5.74) is 0. The second kappa shape index (κ2) is 4.48. The van der Waals surface area contributed by atoms with Crippen LogP contribution in [0.3, 0.4) is 0 Å². The van der Waals surface area contributed by atoms with E-state index in [1.54, 1.807) is 0 Å². The average molecular weight is 257 g/mol. The Balaban J connectivity index is 2.34. The van der Waals surface area contributed by atoms with E-state index in [9.17, 15) is 0 Å². The molecular formula is C6H12INO2. The maximum Gasteiger partial charge on any atom is 0.0645 e. The largest absolute Gasteiger partial charge is 0.395 e. The van der Waals surface area contributed by atoms with Gasteiger partial charge >= 0.3 is 0 Å². The Morgan fingerprint density at radius 1 is 1.70 bits per heavy atom. The van der Waals surface area contributed by atoms with Gasteiger partial charge in [0.25, 0.3) is 0 Å². The molecule has 4 heteroatoms. The Hall–Kier alpha value is 0.610. The number of aliphatic hydroxyl groups excluding tert-OH is 1. The SMILES string of the molecule is OCC1COCCN1CI. The van der Waals surface area contributed by atoms with Crippen molar-refractivity contribution < 1.29 is 9.84 Å². The lowest BCUT2D eigenvalue weighted by molar-refractivity contribution is -0.0163. The molecule has 60 valence electrons. The maximum atomic E-state index is 8.87. The van der Waals surface area contributed by atoms with E-state index >= 15 is 0 Å². The van der Waals surface area contributed by atoms with Crippen LogP contribution in [0.1, 0.15) is 0 Å². The molecule has 0 aromatic rings. The van der Waals surface area contributed by atoms with Crippen LogP contribution < -0.4 is 0 Å². The van der Waals surface area contributed by atoms with Crippen molar-refractivity contribution in [3.8, 4) is 0 Å². The summed E-state index contributed by atoms with van der Waals surface area (Å²) in [5.74, 6) is 0. The van der Waals surface area contributed by atoms with Gasteiger partial charge in [-0.05, 0) is 0 Å². The first-order valence-corrected chi connectivity index (χ1v) is 4.89. The summed E-state index contributed by atoms with van der Waals surface area (Å²) in [6.07, 6.45) is 0. The third-order valence-electron chi connectivity index (χ3n) is 1.71. The molecule has 1 aliphatic heterocycles. The van der Waals surface area contributed by atoms with Crippen LogP contribution in [0, 0.1) is 0 Å². The third kappa shape index (κ3) is 2.05. The van der Waals surface area contributed by atoms with Gasteiger partial charge < -0.3 is 9.84 Å². The Morgan fingerprint density at radius 2 is 2.50 bits per heavy atom. The van der Waals surface area contributed by atoms with E-state index in [1.165, 1.54) is 0 Å². The van der Waals surface area contributed by atoms with Crippen LogP contribution in [-0.2, 0) is 4.74 Å². The lowest BCUT2D eigenvalue weighted by atomic mass is 10.2. The molecule has 1 atom stereocenters. The fourth-order valence-corrected chi connectivity index (χ4v) is 1.91. The molecule has 0 radical (unpaired) electrons. The number of hydrogen-bond acceptors (Lipinski definition) is 3. The number of alkyl halides is 1. The highest BCUT2D eigenvalue weighted by Crippen LogP contribution is 2.07. The van der Waals surface area contributed by atoms with Crippen molar-refractivity contribution in [3.63, 3.8) is 0 Å². The first-order chi connectivity index (χ1) is 4.88. The van der Waals surface area contributed by atoms with Gasteiger partial charge in [0.15, 0.2) is 0 Å². The molecule has 1 saturated heterocycles. The zero-order chi connectivity index (χ0) is 7.40. The average Bonchev–Trinajstić information content (AvgIpc) is 2.04. The molecule has 0 spiro atoms. The van der Waals surface area contributed by atoms with Crippen LogP contribution in [0.4, 0.5) is 0 Å². The van der Waals surface area contributed by atoms with Crippen molar-refractivity contribution in [1.82, 2.24) is 4.90 Å². The molecule has 0 aromatic carbocycles. The predicted molar refractivity (Wildman–Crippen MR) is 47.3 cm³/mol. The molecule has 0 aromatic heterocycles. The van der Waals surface area contributed by atoms with Crippen molar-refractivity contribution in [1.29, 1.82) is 0 Å². The highest BCUT2D eigenvalue weighted by atomic mass is 127. The predicted octanol–water partition coefficient (Wildman–Crippen LogP) is 0.0720. The Kier molecular flexibility index (Phi) is 3.90. The Labute approximate surface area is 74.5 Å². The number of hydrogen-bond donors (Lipinski definition) is 1. The summed E-state index contributed by atoms with van der Waals surface area (Å²) >= 11 is 2.30. The third-order valence-corrected chi connectivity index (χ3v) is 2.59. The second-order valence-electron chi connectivity index (χ2n) is 2.34. The molecule has 1 fully saturated rings. The quantitative estimate of drug-likeness (QED) is 0.432.